The molecular formula is C14H11BrClNS3. The Balaban J connectivity index is 1.79. The first-order valence-corrected chi connectivity index (χ1v) is 9.72. The van der Waals surface area contributed by atoms with Crippen LogP contribution in [-0.4, -0.2) is 0 Å². The van der Waals surface area contributed by atoms with Crippen LogP contribution in [0.5, 0.6) is 0 Å². The third kappa shape index (κ3) is 3.53. The second-order valence-electron chi connectivity index (χ2n) is 4.20. The molecule has 1 unspecified atom stereocenters. The molecule has 0 aliphatic heterocycles. The van der Waals surface area contributed by atoms with E-state index in [1.54, 1.807) is 34.0 Å². The van der Waals surface area contributed by atoms with E-state index < -0.39 is 0 Å². The summed E-state index contributed by atoms with van der Waals surface area (Å²) in [6.45, 7) is 0.856. The van der Waals surface area contributed by atoms with Crippen molar-refractivity contribution in [3.8, 4) is 0 Å². The van der Waals surface area contributed by atoms with Crippen molar-refractivity contribution in [1.29, 1.82) is 0 Å². The van der Waals surface area contributed by atoms with Crippen LogP contribution >= 0.6 is 61.5 Å². The Morgan fingerprint density at radius 3 is 2.70 bits per heavy atom. The van der Waals surface area contributed by atoms with E-state index in [9.17, 15) is 0 Å². The zero-order valence-electron chi connectivity index (χ0n) is 10.3. The first-order chi connectivity index (χ1) is 9.72. The van der Waals surface area contributed by atoms with Crippen LogP contribution in [0, 0.1) is 0 Å². The summed E-state index contributed by atoms with van der Waals surface area (Å²) in [7, 11) is 0. The summed E-state index contributed by atoms with van der Waals surface area (Å²) in [5, 5.41) is 7.86. The Hall–Kier alpha value is -0.170. The van der Waals surface area contributed by atoms with Gasteiger partial charge in [0.05, 0.1) is 10.4 Å². The lowest BCUT2D eigenvalue weighted by atomic mass is 10.2. The molecule has 0 fully saturated rings. The van der Waals surface area contributed by atoms with E-state index in [1.165, 1.54) is 14.6 Å². The standard InChI is InChI=1S/C14H11BrClNS3/c15-9-6-10(19-8-9)7-17-14(11-2-1-5-18-11)12-3-4-13(16)20-12/h1-6,8,14,17H,7H2. The van der Waals surface area contributed by atoms with E-state index in [2.05, 4.69) is 56.3 Å². The molecule has 1 N–H and O–H groups in total. The van der Waals surface area contributed by atoms with Gasteiger partial charge in [-0.05, 0) is 45.6 Å². The number of hydrogen-bond acceptors (Lipinski definition) is 4. The fourth-order valence-corrected chi connectivity index (χ4v) is 5.38. The first-order valence-electron chi connectivity index (χ1n) is 5.97. The van der Waals surface area contributed by atoms with Crippen LogP contribution in [0.2, 0.25) is 4.34 Å². The lowest BCUT2D eigenvalue weighted by Gasteiger charge is -2.15. The highest BCUT2D eigenvalue weighted by Gasteiger charge is 2.17. The minimum Gasteiger partial charge on any atom is -0.300 e. The van der Waals surface area contributed by atoms with Crippen LogP contribution in [-0.2, 0) is 6.54 Å². The Labute approximate surface area is 143 Å². The molecule has 1 atom stereocenters. The predicted molar refractivity (Wildman–Crippen MR) is 94.3 cm³/mol. The minimum atomic E-state index is 0.216. The van der Waals surface area contributed by atoms with Crippen LogP contribution in [0.15, 0.2) is 45.6 Å². The van der Waals surface area contributed by atoms with Crippen molar-refractivity contribution >= 4 is 61.5 Å². The maximum Gasteiger partial charge on any atom is 0.0931 e. The lowest BCUT2D eigenvalue weighted by molar-refractivity contribution is 0.627. The molecule has 1 nitrogen and oxygen atoms in total. The summed E-state index contributed by atoms with van der Waals surface area (Å²) in [6, 6.07) is 10.7. The van der Waals surface area contributed by atoms with Gasteiger partial charge in [0.2, 0.25) is 0 Å². The van der Waals surface area contributed by atoms with E-state index in [1.807, 2.05) is 6.07 Å². The third-order valence-corrected chi connectivity index (χ3v) is 6.74. The number of rotatable bonds is 5. The molecule has 3 rings (SSSR count). The van der Waals surface area contributed by atoms with E-state index in [-0.39, 0.29) is 6.04 Å². The maximum absolute atomic E-state index is 6.08. The predicted octanol–water partition coefficient (Wildman–Crippen LogP) is 6.17. The van der Waals surface area contributed by atoms with Crippen molar-refractivity contribution in [2.45, 2.75) is 12.6 Å². The molecular weight excluding hydrogens is 394 g/mol. The van der Waals surface area contributed by atoms with Gasteiger partial charge in [-0.25, -0.2) is 0 Å². The highest BCUT2D eigenvalue weighted by atomic mass is 79.9. The van der Waals surface area contributed by atoms with Gasteiger partial charge in [0.1, 0.15) is 0 Å². The zero-order valence-corrected chi connectivity index (χ0v) is 15.1. The molecule has 3 aromatic heterocycles. The summed E-state index contributed by atoms with van der Waals surface area (Å²) >= 11 is 14.7. The van der Waals surface area contributed by atoms with Gasteiger partial charge in [-0.2, -0.15) is 0 Å². The number of thiophene rings is 3. The SMILES string of the molecule is Clc1ccc(C(NCc2cc(Br)cs2)c2cccs2)s1. The van der Waals surface area contributed by atoms with Crippen LogP contribution in [0.4, 0.5) is 0 Å². The van der Waals surface area contributed by atoms with E-state index in [0.717, 1.165) is 15.4 Å². The molecule has 20 heavy (non-hydrogen) atoms. The summed E-state index contributed by atoms with van der Waals surface area (Å²) in [6.07, 6.45) is 0. The highest BCUT2D eigenvalue weighted by molar-refractivity contribution is 9.10. The van der Waals surface area contributed by atoms with Gasteiger partial charge in [-0.1, -0.05) is 17.7 Å². The van der Waals surface area contributed by atoms with Gasteiger partial charge in [-0.3, -0.25) is 5.32 Å². The summed E-state index contributed by atoms with van der Waals surface area (Å²) in [4.78, 5) is 3.90. The van der Waals surface area contributed by atoms with Crippen molar-refractivity contribution in [2.24, 2.45) is 0 Å². The van der Waals surface area contributed by atoms with Crippen LogP contribution in [0.25, 0.3) is 0 Å². The second kappa shape index (κ2) is 6.73. The molecule has 3 aromatic rings. The van der Waals surface area contributed by atoms with Gasteiger partial charge >= 0.3 is 0 Å². The molecule has 0 saturated carbocycles. The Morgan fingerprint density at radius 1 is 1.20 bits per heavy atom. The summed E-state index contributed by atoms with van der Waals surface area (Å²) in [5.41, 5.74) is 0. The molecule has 0 aliphatic rings. The molecule has 0 spiro atoms. The fraction of sp³-hybridized carbons (Fsp3) is 0.143. The molecule has 0 aromatic carbocycles. The number of nitrogens with one attached hydrogen (secondary N) is 1. The molecule has 3 heterocycles. The maximum atomic E-state index is 6.08. The smallest absolute Gasteiger partial charge is 0.0931 e. The Kier molecular flexibility index (Phi) is 4.96. The average Bonchev–Trinajstić information content (AvgIpc) is 3.13. The normalized spacial score (nSPS) is 12.7. The Morgan fingerprint density at radius 2 is 2.10 bits per heavy atom. The van der Waals surface area contributed by atoms with Gasteiger partial charge in [0.25, 0.3) is 0 Å². The largest absolute Gasteiger partial charge is 0.300 e. The van der Waals surface area contributed by atoms with E-state index in [0.29, 0.717) is 0 Å². The number of halogens is 2. The van der Waals surface area contributed by atoms with Gasteiger partial charge in [0, 0.05) is 31.0 Å². The first kappa shape index (κ1) is 14.8. The monoisotopic (exact) mass is 403 g/mol. The van der Waals surface area contributed by atoms with Crippen LogP contribution in [0.1, 0.15) is 20.7 Å². The topological polar surface area (TPSA) is 12.0 Å². The molecule has 0 saturated heterocycles. The van der Waals surface area contributed by atoms with Crippen LogP contribution < -0.4 is 5.32 Å². The molecule has 0 aliphatic carbocycles. The number of hydrogen-bond donors (Lipinski definition) is 1. The Bertz CT molecular complexity index is 674. The van der Waals surface area contributed by atoms with E-state index >= 15 is 0 Å². The summed E-state index contributed by atoms with van der Waals surface area (Å²) < 4.78 is 1.98. The van der Waals surface area contributed by atoms with Gasteiger partial charge < -0.3 is 0 Å². The van der Waals surface area contributed by atoms with Gasteiger partial charge in [-0.15, -0.1) is 34.0 Å². The molecule has 0 amide bonds. The van der Waals surface area contributed by atoms with Gasteiger partial charge in [0.15, 0.2) is 0 Å². The molecule has 0 radical (unpaired) electrons. The molecule has 0 bridgehead atoms. The third-order valence-electron chi connectivity index (χ3n) is 2.81. The lowest BCUT2D eigenvalue weighted by Crippen LogP contribution is -2.19. The van der Waals surface area contributed by atoms with Crippen molar-refractivity contribution in [1.82, 2.24) is 5.32 Å². The fourth-order valence-electron chi connectivity index (χ4n) is 1.93. The molecule has 6 heteroatoms. The van der Waals surface area contributed by atoms with Crippen molar-refractivity contribution < 1.29 is 0 Å². The minimum absolute atomic E-state index is 0.216. The average molecular weight is 405 g/mol. The highest BCUT2D eigenvalue weighted by Crippen LogP contribution is 2.33. The molecule has 104 valence electrons. The summed E-state index contributed by atoms with van der Waals surface area (Å²) in [5.74, 6) is 0. The quantitative estimate of drug-likeness (QED) is 0.536. The van der Waals surface area contributed by atoms with Crippen molar-refractivity contribution in [3.63, 3.8) is 0 Å². The van der Waals surface area contributed by atoms with Crippen LogP contribution in [0.3, 0.4) is 0 Å². The van der Waals surface area contributed by atoms with Crippen molar-refractivity contribution in [3.05, 3.63) is 64.5 Å². The van der Waals surface area contributed by atoms with E-state index in [4.69, 9.17) is 11.6 Å². The van der Waals surface area contributed by atoms with Crippen molar-refractivity contribution in [2.75, 3.05) is 0 Å². The second-order valence-corrected chi connectivity index (χ2v) is 8.84. The zero-order chi connectivity index (χ0) is 13.9.